The summed E-state index contributed by atoms with van der Waals surface area (Å²) < 4.78 is 13.0. The number of fused-ring (bicyclic) bond motifs is 1. The average molecular weight is 350 g/mol. The molecule has 0 bridgehead atoms. The smallest absolute Gasteiger partial charge is 0.234 e. The van der Waals surface area contributed by atoms with E-state index in [1.54, 1.807) is 12.1 Å². The quantitative estimate of drug-likeness (QED) is 0.719. The molecule has 3 aromatic carbocycles. The summed E-state index contributed by atoms with van der Waals surface area (Å²) in [6.07, 6.45) is 0. The molecule has 0 saturated carbocycles. The van der Waals surface area contributed by atoms with E-state index < -0.39 is 0 Å². The van der Waals surface area contributed by atoms with Crippen LogP contribution in [-0.4, -0.2) is 24.4 Å². The van der Waals surface area contributed by atoms with Crippen molar-refractivity contribution < 1.29 is 9.18 Å². The third-order valence-corrected chi connectivity index (χ3v) is 4.45. The molecule has 0 heterocycles. The van der Waals surface area contributed by atoms with Crippen LogP contribution in [0.2, 0.25) is 0 Å². The van der Waals surface area contributed by atoms with Crippen molar-refractivity contribution in [3.05, 3.63) is 83.7 Å². The average Bonchev–Trinajstić information content (AvgIpc) is 2.63. The van der Waals surface area contributed by atoms with Gasteiger partial charge in [-0.2, -0.15) is 0 Å². The minimum absolute atomic E-state index is 0.0324. The van der Waals surface area contributed by atoms with Crippen molar-refractivity contribution in [1.29, 1.82) is 0 Å². The van der Waals surface area contributed by atoms with Gasteiger partial charge in [0.2, 0.25) is 5.91 Å². The second-order valence-corrected chi connectivity index (χ2v) is 6.66. The van der Waals surface area contributed by atoms with E-state index in [-0.39, 0.29) is 24.3 Å². The Labute approximate surface area is 153 Å². The molecule has 1 amide bonds. The van der Waals surface area contributed by atoms with Gasteiger partial charge in [-0.25, -0.2) is 4.39 Å². The summed E-state index contributed by atoms with van der Waals surface area (Å²) >= 11 is 0. The van der Waals surface area contributed by atoms with Crippen LogP contribution >= 0.6 is 0 Å². The lowest BCUT2D eigenvalue weighted by molar-refractivity contribution is -0.122. The zero-order valence-electron chi connectivity index (χ0n) is 15.1. The van der Waals surface area contributed by atoms with Gasteiger partial charge in [-0.15, -0.1) is 0 Å². The molecule has 0 aliphatic heterocycles. The maximum Gasteiger partial charge on any atom is 0.234 e. The molecule has 1 atom stereocenters. The van der Waals surface area contributed by atoms with E-state index in [1.807, 2.05) is 37.1 Å². The van der Waals surface area contributed by atoms with E-state index in [0.29, 0.717) is 6.54 Å². The normalized spacial score (nSPS) is 12.3. The largest absolute Gasteiger partial charge is 0.348 e. The number of likely N-dealkylation sites (N-methyl/N-ethyl adjacent to an activating group) is 1. The van der Waals surface area contributed by atoms with E-state index in [0.717, 1.165) is 16.5 Å². The molecule has 0 aliphatic rings. The van der Waals surface area contributed by atoms with E-state index in [2.05, 4.69) is 29.6 Å². The summed E-state index contributed by atoms with van der Waals surface area (Å²) in [7, 11) is 1.88. The van der Waals surface area contributed by atoms with Gasteiger partial charge >= 0.3 is 0 Å². The van der Waals surface area contributed by atoms with Gasteiger partial charge in [-0.05, 0) is 48.0 Å². The number of hydrogen-bond acceptors (Lipinski definition) is 2. The van der Waals surface area contributed by atoms with Crippen LogP contribution < -0.4 is 5.32 Å². The van der Waals surface area contributed by atoms with Crippen molar-refractivity contribution in [3.8, 4) is 0 Å². The van der Waals surface area contributed by atoms with Crippen LogP contribution in [0.1, 0.15) is 24.1 Å². The van der Waals surface area contributed by atoms with Gasteiger partial charge in [-0.3, -0.25) is 9.69 Å². The lowest BCUT2D eigenvalue weighted by Crippen LogP contribution is -2.36. The number of halogens is 1. The van der Waals surface area contributed by atoms with Gasteiger partial charge in [-0.1, -0.05) is 54.6 Å². The Balaban J connectivity index is 1.61. The maximum atomic E-state index is 13.0. The number of rotatable bonds is 6. The highest BCUT2D eigenvalue weighted by molar-refractivity contribution is 5.87. The summed E-state index contributed by atoms with van der Waals surface area (Å²) in [6.45, 7) is 2.88. The van der Waals surface area contributed by atoms with Crippen LogP contribution in [0.5, 0.6) is 0 Å². The topological polar surface area (TPSA) is 32.3 Å². The standard InChI is InChI=1S/C22H23FN2O/c1-16(20-9-5-7-18-6-3-4-8-21(18)20)24-22(26)15-25(2)14-17-10-12-19(23)13-11-17/h3-13,16H,14-15H2,1-2H3,(H,24,26)/t16-/m0/s1. The number of hydrogen-bond donors (Lipinski definition) is 1. The first-order valence-electron chi connectivity index (χ1n) is 8.73. The third-order valence-electron chi connectivity index (χ3n) is 4.45. The molecule has 4 heteroatoms. The van der Waals surface area contributed by atoms with Gasteiger partial charge in [0.25, 0.3) is 0 Å². The minimum atomic E-state index is -0.252. The Kier molecular flexibility index (Phi) is 5.64. The van der Waals surface area contributed by atoms with Crippen molar-refractivity contribution >= 4 is 16.7 Å². The molecule has 3 nitrogen and oxygen atoms in total. The monoisotopic (exact) mass is 350 g/mol. The zero-order valence-corrected chi connectivity index (χ0v) is 15.1. The Morgan fingerprint density at radius 2 is 1.73 bits per heavy atom. The van der Waals surface area contributed by atoms with Crippen molar-refractivity contribution in [3.63, 3.8) is 0 Å². The lowest BCUT2D eigenvalue weighted by atomic mass is 10.00. The molecule has 3 aromatic rings. The highest BCUT2D eigenvalue weighted by Gasteiger charge is 2.14. The molecule has 0 spiro atoms. The fourth-order valence-corrected chi connectivity index (χ4v) is 3.20. The summed E-state index contributed by atoms with van der Waals surface area (Å²) in [6, 6.07) is 20.6. The number of carbonyl (C=O) groups is 1. The molecular weight excluding hydrogens is 327 g/mol. The first kappa shape index (κ1) is 18.1. The van der Waals surface area contributed by atoms with Crippen LogP contribution in [0, 0.1) is 5.82 Å². The summed E-state index contributed by atoms with van der Waals surface area (Å²) in [4.78, 5) is 14.3. The van der Waals surface area contributed by atoms with Crippen LogP contribution in [0.15, 0.2) is 66.7 Å². The molecule has 1 N–H and O–H groups in total. The minimum Gasteiger partial charge on any atom is -0.348 e. The number of amides is 1. The van der Waals surface area contributed by atoms with E-state index >= 15 is 0 Å². The van der Waals surface area contributed by atoms with Gasteiger partial charge in [0.1, 0.15) is 5.82 Å². The molecule has 134 valence electrons. The van der Waals surface area contributed by atoms with Crippen molar-refractivity contribution in [2.45, 2.75) is 19.5 Å². The Morgan fingerprint density at radius 1 is 1.04 bits per heavy atom. The molecule has 3 rings (SSSR count). The highest BCUT2D eigenvalue weighted by atomic mass is 19.1. The SMILES string of the molecule is C[C@H](NC(=O)CN(C)Cc1ccc(F)cc1)c1cccc2ccccc12. The molecule has 0 unspecified atom stereocenters. The predicted octanol–water partition coefficient (Wildman–Crippen LogP) is 4.29. The summed E-state index contributed by atoms with van der Waals surface area (Å²) in [5, 5.41) is 5.39. The van der Waals surface area contributed by atoms with Crippen molar-refractivity contribution in [2.24, 2.45) is 0 Å². The molecule has 0 aromatic heterocycles. The molecule has 0 fully saturated rings. The van der Waals surface area contributed by atoms with Gasteiger partial charge in [0.15, 0.2) is 0 Å². The fourth-order valence-electron chi connectivity index (χ4n) is 3.20. The van der Waals surface area contributed by atoms with Gasteiger partial charge in [0, 0.05) is 6.54 Å². The second-order valence-electron chi connectivity index (χ2n) is 6.66. The second kappa shape index (κ2) is 8.11. The Bertz CT molecular complexity index is 887. The first-order valence-corrected chi connectivity index (χ1v) is 8.73. The number of nitrogens with one attached hydrogen (secondary N) is 1. The third kappa shape index (κ3) is 4.46. The highest BCUT2D eigenvalue weighted by Crippen LogP contribution is 2.23. The predicted molar refractivity (Wildman–Crippen MR) is 103 cm³/mol. The van der Waals surface area contributed by atoms with Crippen molar-refractivity contribution in [2.75, 3.05) is 13.6 Å². The Hall–Kier alpha value is -2.72. The lowest BCUT2D eigenvalue weighted by Gasteiger charge is -2.20. The van der Waals surface area contributed by atoms with E-state index in [4.69, 9.17) is 0 Å². The van der Waals surface area contributed by atoms with Crippen LogP contribution in [0.3, 0.4) is 0 Å². The van der Waals surface area contributed by atoms with Crippen LogP contribution in [0.25, 0.3) is 10.8 Å². The Morgan fingerprint density at radius 3 is 2.50 bits per heavy atom. The molecule has 0 aliphatic carbocycles. The number of nitrogens with zero attached hydrogens (tertiary/aromatic N) is 1. The van der Waals surface area contributed by atoms with Crippen molar-refractivity contribution in [1.82, 2.24) is 10.2 Å². The number of benzene rings is 3. The molecule has 0 radical (unpaired) electrons. The molecular formula is C22H23FN2O. The zero-order chi connectivity index (χ0) is 18.5. The van der Waals surface area contributed by atoms with Gasteiger partial charge in [0.05, 0.1) is 12.6 Å². The summed E-state index contributed by atoms with van der Waals surface area (Å²) in [5.41, 5.74) is 2.08. The molecule has 26 heavy (non-hydrogen) atoms. The maximum absolute atomic E-state index is 13.0. The van der Waals surface area contributed by atoms with E-state index in [9.17, 15) is 9.18 Å². The summed E-state index contributed by atoms with van der Waals surface area (Å²) in [5.74, 6) is -0.284. The first-order chi connectivity index (χ1) is 12.5. The molecule has 0 saturated heterocycles. The fraction of sp³-hybridized carbons (Fsp3) is 0.227. The van der Waals surface area contributed by atoms with E-state index in [1.165, 1.54) is 17.5 Å². The van der Waals surface area contributed by atoms with Gasteiger partial charge < -0.3 is 5.32 Å². The number of carbonyl (C=O) groups excluding carboxylic acids is 1. The van der Waals surface area contributed by atoms with Crippen LogP contribution in [0.4, 0.5) is 4.39 Å². The van der Waals surface area contributed by atoms with Crippen LogP contribution in [-0.2, 0) is 11.3 Å².